The van der Waals surface area contributed by atoms with Gasteiger partial charge in [-0.15, -0.1) is 27.8 Å². The van der Waals surface area contributed by atoms with Crippen molar-refractivity contribution >= 4 is 33.7 Å². The summed E-state index contributed by atoms with van der Waals surface area (Å²) in [6, 6.07) is 3.71. The first kappa shape index (κ1) is 15.6. The van der Waals surface area contributed by atoms with Gasteiger partial charge < -0.3 is 4.42 Å². The van der Waals surface area contributed by atoms with Crippen LogP contribution in [0.3, 0.4) is 0 Å². The first-order valence-corrected chi connectivity index (χ1v) is 8.68. The minimum Gasteiger partial charge on any atom is -0.387 e. The Morgan fingerprint density at radius 2 is 2.26 bits per heavy atom. The number of thiophene rings is 1. The van der Waals surface area contributed by atoms with Crippen molar-refractivity contribution in [2.75, 3.05) is 11.4 Å². The van der Waals surface area contributed by atoms with E-state index in [1.807, 2.05) is 29.8 Å². The zero-order valence-corrected chi connectivity index (χ0v) is 14.2. The smallest absolute Gasteiger partial charge is 0.387 e. The van der Waals surface area contributed by atoms with Crippen LogP contribution in [0.1, 0.15) is 19.5 Å². The third-order valence-corrected chi connectivity index (χ3v) is 4.89. The van der Waals surface area contributed by atoms with Gasteiger partial charge in [-0.05, 0) is 18.4 Å². The summed E-state index contributed by atoms with van der Waals surface area (Å²) in [5.74, 6) is -0.284. The summed E-state index contributed by atoms with van der Waals surface area (Å²) >= 11 is 2.81. The van der Waals surface area contributed by atoms with Crippen LogP contribution < -0.4 is 10.7 Å². The molecular weight excluding hydrogens is 336 g/mol. The zero-order chi connectivity index (χ0) is 16.4. The summed E-state index contributed by atoms with van der Waals surface area (Å²) in [4.78, 5) is 30.2. The molecule has 3 heterocycles. The Balaban J connectivity index is 1.82. The van der Waals surface area contributed by atoms with Crippen LogP contribution in [0.4, 0.5) is 5.13 Å². The van der Waals surface area contributed by atoms with Crippen LogP contribution in [0.2, 0.25) is 0 Å². The summed E-state index contributed by atoms with van der Waals surface area (Å²) in [5, 5.41) is 8.51. The van der Waals surface area contributed by atoms with E-state index in [0.717, 1.165) is 4.88 Å². The van der Waals surface area contributed by atoms with E-state index in [1.54, 1.807) is 4.90 Å². The molecule has 0 aromatic carbocycles. The van der Waals surface area contributed by atoms with Crippen LogP contribution in [-0.4, -0.2) is 27.2 Å². The maximum absolute atomic E-state index is 11.9. The Labute approximate surface area is 139 Å². The predicted molar refractivity (Wildman–Crippen MR) is 89.0 cm³/mol. The maximum Gasteiger partial charge on any atom is 0.437 e. The lowest BCUT2D eigenvalue weighted by Crippen LogP contribution is -2.27. The normalized spacial score (nSPS) is 10.9. The lowest BCUT2D eigenvalue weighted by atomic mass is 10.5. The molecule has 0 bridgehead atoms. The molecule has 0 unspecified atom stereocenters. The van der Waals surface area contributed by atoms with Gasteiger partial charge in [0.05, 0.1) is 17.1 Å². The Kier molecular flexibility index (Phi) is 4.39. The fourth-order valence-electron chi connectivity index (χ4n) is 2.04. The fourth-order valence-corrected chi connectivity index (χ4v) is 3.61. The SMILES string of the molecule is CCN(C(C)=O)c1nc(Cn2nc(-c3cccs3)oc2=O)cs1. The van der Waals surface area contributed by atoms with Gasteiger partial charge >= 0.3 is 5.76 Å². The van der Waals surface area contributed by atoms with Gasteiger partial charge in [-0.2, -0.15) is 4.68 Å². The first-order valence-electron chi connectivity index (χ1n) is 6.92. The minimum absolute atomic E-state index is 0.0630. The van der Waals surface area contributed by atoms with Crippen LogP contribution in [-0.2, 0) is 11.3 Å². The molecule has 120 valence electrons. The monoisotopic (exact) mass is 350 g/mol. The number of carbonyl (C=O) groups excluding carboxylic acids is 1. The molecule has 23 heavy (non-hydrogen) atoms. The van der Waals surface area contributed by atoms with Crippen LogP contribution in [0.15, 0.2) is 32.1 Å². The predicted octanol–water partition coefficient (Wildman–Crippen LogP) is 2.44. The van der Waals surface area contributed by atoms with Crippen molar-refractivity contribution in [3.05, 3.63) is 39.1 Å². The summed E-state index contributed by atoms with van der Waals surface area (Å²) in [6.07, 6.45) is 0. The van der Waals surface area contributed by atoms with Crippen LogP contribution in [0, 0.1) is 0 Å². The van der Waals surface area contributed by atoms with Crippen molar-refractivity contribution in [3.8, 4) is 10.8 Å². The van der Waals surface area contributed by atoms with Crippen molar-refractivity contribution in [1.82, 2.24) is 14.8 Å². The van der Waals surface area contributed by atoms with E-state index in [1.165, 1.54) is 34.3 Å². The molecule has 0 N–H and O–H groups in total. The number of amides is 1. The molecule has 0 spiro atoms. The molecule has 0 aliphatic carbocycles. The van der Waals surface area contributed by atoms with Gasteiger partial charge in [0.15, 0.2) is 5.13 Å². The van der Waals surface area contributed by atoms with Gasteiger partial charge in [-0.25, -0.2) is 9.78 Å². The lowest BCUT2D eigenvalue weighted by Gasteiger charge is -2.14. The molecule has 0 fully saturated rings. The maximum atomic E-state index is 11.9. The highest BCUT2D eigenvalue weighted by Crippen LogP contribution is 2.23. The zero-order valence-electron chi connectivity index (χ0n) is 12.6. The van der Waals surface area contributed by atoms with Crippen LogP contribution in [0.25, 0.3) is 10.8 Å². The first-order chi connectivity index (χ1) is 11.1. The van der Waals surface area contributed by atoms with E-state index in [4.69, 9.17) is 4.42 Å². The molecule has 3 aromatic rings. The minimum atomic E-state index is -0.526. The third kappa shape index (κ3) is 3.25. The molecule has 0 atom stereocenters. The molecule has 0 aliphatic heterocycles. The molecule has 7 nitrogen and oxygen atoms in total. The summed E-state index contributed by atoms with van der Waals surface area (Å²) < 4.78 is 6.40. The molecule has 3 rings (SSSR count). The Bertz CT molecular complexity index is 863. The Morgan fingerprint density at radius 3 is 2.91 bits per heavy atom. The summed E-state index contributed by atoms with van der Waals surface area (Å²) in [6.45, 7) is 4.15. The molecular formula is C14H14N4O3S2. The molecule has 3 aromatic heterocycles. The fraction of sp³-hybridized carbons (Fsp3) is 0.286. The molecule has 1 amide bonds. The second-order valence-electron chi connectivity index (χ2n) is 4.69. The summed E-state index contributed by atoms with van der Waals surface area (Å²) in [5.41, 5.74) is 0.665. The highest BCUT2D eigenvalue weighted by Gasteiger charge is 2.16. The van der Waals surface area contributed by atoms with Crippen LogP contribution in [0.5, 0.6) is 0 Å². The highest BCUT2D eigenvalue weighted by molar-refractivity contribution is 7.14. The number of thiazole rings is 1. The number of hydrogen-bond donors (Lipinski definition) is 0. The second kappa shape index (κ2) is 6.47. The number of aromatic nitrogens is 3. The topological polar surface area (TPSA) is 81.2 Å². The Morgan fingerprint density at radius 1 is 1.43 bits per heavy atom. The number of rotatable bonds is 5. The van der Waals surface area contributed by atoms with Crippen molar-refractivity contribution in [1.29, 1.82) is 0 Å². The lowest BCUT2D eigenvalue weighted by molar-refractivity contribution is -0.116. The highest BCUT2D eigenvalue weighted by atomic mass is 32.1. The average molecular weight is 350 g/mol. The number of anilines is 1. The molecule has 0 saturated heterocycles. The van der Waals surface area contributed by atoms with E-state index in [0.29, 0.717) is 23.3 Å². The van der Waals surface area contributed by atoms with Gasteiger partial charge in [0, 0.05) is 18.8 Å². The number of hydrogen-bond acceptors (Lipinski definition) is 7. The van der Waals surface area contributed by atoms with Gasteiger partial charge in [0.1, 0.15) is 0 Å². The van der Waals surface area contributed by atoms with Crippen molar-refractivity contribution in [2.24, 2.45) is 0 Å². The molecule has 0 aliphatic rings. The average Bonchev–Trinajstić information content (AvgIpc) is 3.22. The second-order valence-corrected chi connectivity index (χ2v) is 6.48. The molecule has 0 saturated carbocycles. The largest absolute Gasteiger partial charge is 0.437 e. The van der Waals surface area contributed by atoms with E-state index >= 15 is 0 Å². The third-order valence-electron chi connectivity index (χ3n) is 3.12. The van der Waals surface area contributed by atoms with Crippen molar-refractivity contribution in [2.45, 2.75) is 20.4 Å². The van der Waals surface area contributed by atoms with Gasteiger partial charge in [-0.3, -0.25) is 9.69 Å². The molecule has 9 heteroatoms. The Hall–Kier alpha value is -2.26. The van der Waals surface area contributed by atoms with E-state index < -0.39 is 5.76 Å². The van der Waals surface area contributed by atoms with E-state index in [-0.39, 0.29) is 12.5 Å². The number of carbonyl (C=O) groups is 1. The van der Waals surface area contributed by atoms with Gasteiger partial charge in [-0.1, -0.05) is 6.07 Å². The van der Waals surface area contributed by atoms with E-state index in [2.05, 4.69) is 10.1 Å². The quantitative estimate of drug-likeness (QED) is 0.706. The molecule has 0 radical (unpaired) electrons. The van der Waals surface area contributed by atoms with Gasteiger partial charge in [0.2, 0.25) is 5.91 Å². The van der Waals surface area contributed by atoms with Crippen LogP contribution >= 0.6 is 22.7 Å². The number of nitrogens with zero attached hydrogens (tertiary/aromatic N) is 4. The van der Waals surface area contributed by atoms with E-state index in [9.17, 15) is 9.59 Å². The van der Waals surface area contributed by atoms with Crippen molar-refractivity contribution in [3.63, 3.8) is 0 Å². The summed E-state index contributed by atoms with van der Waals surface area (Å²) in [7, 11) is 0. The van der Waals surface area contributed by atoms with Crippen molar-refractivity contribution < 1.29 is 9.21 Å². The standard InChI is InChI=1S/C14H14N4O3S2/c1-3-17(9(2)19)13-15-10(8-23-13)7-18-14(20)21-12(16-18)11-5-4-6-22-11/h4-6,8H,3,7H2,1-2H3. The van der Waals surface area contributed by atoms with Gasteiger partial charge in [0.25, 0.3) is 5.89 Å².